The summed E-state index contributed by atoms with van der Waals surface area (Å²) in [6.45, 7) is 5.32. The molecule has 2 aliphatic carbocycles. The first-order chi connectivity index (χ1) is 13.5. The molecular formula is C22H26O7. The molecule has 7 nitrogen and oxygen atoms in total. The quantitative estimate of drug-likeness (QED) is 0.727. The summed E-state index contributed by atoms with van der Waals surface area (Å²) in [5.74, 6) is -2.83. The molecule has 4 aliphatic rings. The molecule has 2 N–H and O–H groups in total. The highest BCUT2D eigenvalue weighted by Crippen LogP contribution is 2.76. The fourth-order valence-corrected chi connectivity index (χ4v) is 6.64. The summed E-state index contributed by atoms with van der Waals surface area (Å²) in [5.41, 5.74) is -4.07. The molecule has 7 heteroatoms. The van der Waals surface area contributed by atoms with Crippen LogP contribution in [0.25, 0.3) is 0 Å². The first-order valence-corrected chi connectivity index (χ1v) is 10.1. The van der Waals surface area contributed by atoms with E-state index in [1.807, 2.05) is 13.0 Å². The minimum atomic E-state index is -1.79. The Morgan fingerprint density at radius 3 is 2.59 bits per heavy atom. The smallest absolute Gasteiger partial charge is 0.338 e. The standard InChI is InChI=1S/C22H26O7/c1-13-15(28-17(24)14-7-5-4-6-8-14)9-21-18(2)12-27-22(26,19(18,3)25)11-20(13,21)10-16(23)29-21/h4-8,13,15,25-26H,9-12H2,1-3H3/t13-,15-,18-,19-,20+,21-,22-/m0/s1. The van der Waals surface area contributed by atoms with Gasteiger partial charge in [0.05, 0.1) is 24.0 Å². The lowest BCUT2D eigenvalue weighted by Gasteiger charge is -2.60. The van der Waals surface area contributed by atoms with Gasteiger partial charge in [-0.05, 0) is 19.1 Å². The zero-order valence-electron chi connectivity index (χ0n) is 16.8. The Morgan fingerprint density at radius 2 is 1.90 bits per heavy atom. The van der Waals surface area contributed by atoms with E-state index in [9.17, 15) is 19.8 Å². The third kappa shape index (κ3) is 1.94. The van der Waals surface area contributed by atoms with E-state index in [0.29, 0.717) is 5.56 Å². The Labute approximate surface area is 168 Å². The average Bonchev–Trinajstić information content (AvgIpc) is 3.12. The van der Waals surface area contributed by atoms with Crippen LogP contribution < -0.4 is 0 Å². The number of rotatable bonds is 2. The van der Waals surface area contributed by atoms with Gasteiger partial charge in [0.2, 0.25) is 0 Å². The largest absolute Gasteiger partial charge is 0.458 e. The molecule has 2 saturated carbocycles. The molecule has 0 amide bonds. The maximum absolute atomic E-state index is 12.7. The van der Waals surface area contributed by atoms with E-state index in [4.69, 9.17) is 14.2 Å². The van der Waals surface area contributed by atoms with Crippen molar-refractivity contribution in [3.8, 4) is 0 Å². The molecule has 29 heavy (non-hydrogen) atoms. The first-order valence-electron chi connectivity index (χ1n) is 10.1. The molecule has 4 fully saturated rings. The zero-order chi connectivity index (χ0) is 20.9. The summed E-state index contributed by atoms with van der Waals surface area (Å²) >= 11 is 0. The molecule has 5 rings (SSSR count). The molecule has 156 valence electrons. The number of esters is 2. The minimum Gasteiger partial charge on any atom is -0.458 e. The van der Waals surface area contributed by atoms with Crippen LogP contribution in [0.2, 0.25) is 0 Å². The monoisotopic (exact) mass is 402 g/mol. The predicted octanol–water partition coefficient (Wildman–Crippen LogP) is 1.80. The fourth-order valence-electron chi connectivity index (χ4n) is 6.64. The molecule has 0 unspecified atom stereocenters. The second-order valence-corrected chi connectivity index (χ2v) is 9.59. The van der Waals surface area contributed by atoms with Crippen molar-refractivity contribution in [2.45, 2.75) is 63.1 Å². The number of hydrogen-bond donors (Lipinski definition) is 2. The fraction of sp³-hybridized carbons (Fsp3) is 0.636. The second-order valence-electron chi connectivity index (χ2n) is 9.59. The third-order valence-electron chi connectivity index (χ3n) is 8.62. The van der Waals surface area contributed by atoms with Crippen molar-refractivity contribution >= 4 is 11.9 Å². The molecular weight excluding hydrogens is 376 g/mol. The van der Waals surface area contributed by atoms with E-state index in [1.54, 1.807) is 38.1 Å². The number of aliphatic hydroxyl groups is 2. The lowest BCUT2D eigenvalue weighted by atomic mass is 9.46. The number of benzene rings is 1. The maximum Gasteiger partial charge on any atom is 0.338 e. The van der Waals surface area contributed by atoms with Gasteiger partial charge >= 0.3 is 11.9 Å². The lowest BCUT2D eigenvalue weighted by Crippen LogP contribution is -2.73. The van der Waals surface area contributed by atoms with Gasteiger partial charge < -0.3 is 24.4 Å². The Morgan fingerprint density at radius 1 is 1.21 bits per heavy atom. The van der Waals surface area contributed by atoms with Crippen LogP contribution in [0.5, 0.6) is 0 Å². The Hall–Kier alpha value is -1.96. The highest BCUT2D eigenvalue weighted by Gasteiger charge is 2.88. The van der Waals surface area contributed by atoms with Crippen LogP contribution in [0, 0.1) is 16.7 Å². The van der Waals surface area contributed by atoms with E-state index in [0.717, 1.165) is 0 Å². The van der Waals surface area contributed by atoms with Gasteiger partial charge in [0.1, 0.15) is 17.3 Å². The number of ether oxygens (including phenoxy) is 3. The summed E-state index contributed by atoms with van der Waals surface area (Å²) in [6, 6.07) is 8.75. The van der Waals surface area contributed by atoms with Crippen molar-refractivity contribution in [2.75, 3.05) is 6.61 Å². The second kappa shape index (κ2) is 5.39. The maximum atomic E-state index is 12.7. The van der Waals surface area contributed by atoms with Crippen molar-refractivity contribution in [3.05, 3.63) is 35.9 Å². The third-order valence-corrected chi connectivity index (χ3v) is 8.62. The number of fused-ring (bicyclic) bond motifs is 2. The number of hydrogen-bond acceptors (Lipinski definition) is 7. The average molecular weight is 402 g/mol. The SMILES string of the molecule is C[C@H]1[C@@H](OC(=O)c2ccccc2)C[C@@]23OC(=O)C[C@@]12C[C@]1(O)OC[C@@]3(C)[C@]1(C)O. The van der Waals surface area contributed by atoms with Gasteiger partial charge in [0.15, 0.2) is 5.79 Å². The first kappa shape index (κ1) is 19.0. The van der Waals surface area contributed by atoms with Gasteiger partial charge in [0.25, 0.3) is 0 Å². The van der Waals surface area contributed by atoms with Crippen LogP contribution >= 0.6 is 0 Å². The van der Waals surface area contributed by atoms with Gasteiger partial charge in [-0.1, -0.05) is 32.0 Å². The molecule has 0 radical (unpaired) electrons. The number of carbonyl (C=O) groups excluding carboxylic acids is 2. The van der Waals surface area contributed by atoms with Gasteiger partial charge in [0, 0.05) is 24.2 Å². The minimum absolute atomic E-state index is 0.0505. The van der Waals surface area contributed by atoms with Crippen molar-refractivity contribution in [1.82, 2.24) is 0 Å². The van der Waals surface area contributed by atoms with Crippen LogP contribution in [0.15, 0.2) is 30.3 Å². The molecule has 2 saturated heterocycles. The highest BCUT2D eigenvalue weighted by atomic mass is 16.7. The van der Waals surface area contributed by atoms with Gasteiger partial charge in [-0.25, -0.2) is 4.79 Å². The van der Waals surface area contributed by atoms with Crippen LogP contribution in [0.4, 0.5) is 0 Å². The van der Waals surface area contributed by atoms with Crippen LogP contribution in [0.1, 0.15) is 50.4 Å². The molecule has 2 aliphatic heterocycles. The predicted molar refractivity (Wildman–Crippen MR) is 99.5 cm³/mol. The van der Waals surface area contributed by atoms with Crippen LogP contribution in [0.3, 0.4) is 0 Å². The number of carbonyl (C=O) groups is 2. The Bertz CT molecular complexity index is 898. The Kier molecular flexibility index (Phi) is 3.54. The van der Waals surface area contributed by atoms with Crippen molar-refractivity contribution < 1.29 is 34.0 Å². The van der Waals surface area contributed by atoms with E-state index in [-0.39, 0.29) is 37.8 Å². The molecule has 2 bridgehead atoms. The molecule has 7 atom stereocenters. The van der Waals surface area contributed by atoms with Gasteiger partial charge in [-0.3, -0.25) is 4.79 Å². The highest BCUT2D eigenvalue weighted by molar-refractivity contribution is 5.89. The van der Waals surface area contributed by atoms with Gasteiger partial charge in [-0.2, -0.15) is 0 Å². The van der Waals surface area contributed by atoms with E-state index in [2.05, 4.69) is 0 Å². The molecule has 0 spiro atoms. The zero-order valence-corrected chi connectivity index (χ0v) is 16.8. The summed E-state index contributed by atoms with van der Waals surface area (Å²) in [6.07, 6.45) is -0.0870. The molecule has 1 aromatic carbocycles. The van der Waals surface area contributed by atoms with E-state index >= 15 is 0 Å². The van der Waals surface area contributed by atoms with Crippen molar-refractivity contribution in [3.63, 3.8) is 0 Å². The van der Waals surface area contributed by atoms with E-state index < -0.39 is 39.9 Å². The summed E-state index contributed by atoms with van der Waals surface area (Å²) in [5, 5.41) is 22.5. The van der Waals surface area contributed by atoms with Crippen molar-refractivity contribution in [1.29, 1.82) is 0 Å². The lowest BCUT2D eigenvalue weighted by molar-refractivity contribution is -0.322. The van der Waals surface area contributed by atoms with Crippen LogP contribution in [-0.2, 0) is 19.0 Å². The summed E-state index contributed by atoms with van der Waals surface area (Å²) < 4.78 is 17.6. The summed E-state index contributed by atoms with van der Waals surface area (Å²) in [7, 11) is 0. The van der Waals surface area contributed by atoms with Crippen LogP contribution in [-0.4, -0.2) is 51.9 Å². The molecule has 1 aromatic rings. The normalized spacial score (nSPS) is 50.0. The molecule has 2 heterocycles. The molecule has 0 aromatic heterocycles. The summed E-state index contributed by atoms with van der Waals surface area (Å²) in [4.78, 5) is 25.2. The topological polar surface area (TPSA) is 102 Å². The van der Waals surface area contributed by atoms with E-state index in [1.165, 1.54) is 0 Å². The Balaban J connectivity index is 1.57. The van der Waals surface area contributed by atoms with Gasteiger partial charge in [-0.15, -0.1) is 0 Å². The van der Waals surface area contributed by atoms with Crippen molar-refractivity contribution in [2.24, 2.45) is 16.7 Å².